The molecule has 0 saturated heterocycles. The molecule has 3 rings (SSSR count). The zero-order chi connectivity index (χ0) is 15.0. The first kappa shape index (κ1) is 14.6. The summed E-state index contributed by atoms with van der Waals surface area (Å²) < 4.78 is 1.95. The molecule has 0 bridgehead atoms. The summed E-state index contributed by atoms with van der Waals surface area (Å²) >= 11 is 13.0. The average molecular weight is 428 g/mol. The molecule has 0 aliphatic heterocycles. The van der Waals surface area contributed by atoms with Crippen molar-refractivity contribution in [3.63, 3.8) is 0 Å². The first-order valence-corrected chi connectivity index (χ1v) is 8.08. The van der Waals surface area contributed by atoms with Crippen molar-refractivity contribution in [3.05, 3.63) is 56.4 Å². The largest absolute Gasteiger partial charge is 0.382 e. The fourth-order valence-corrected chi connectivity index (χ4v) is 3.52. The number of hydrogen-bond donors (Lipinski definition) is 2. The average Bonchev–Trinajstić information content (AvgIpc) is 2.82. The highest BCUT2D eigenvalue weighted by Crippen LogP contribution is 2.38. The van der Waals surface area contributed by atoms with Crippen molar-refractivity contribution >= 4 is 49.3 Å². The van der Waals surface area contributed by atoms with E-state index >= 15 is 0 Å². The van der Waals surface area contributed by atoms with Gasteiger partial charge in [0.2, 0.25) is 0 Å². The summed E-state index contributed by atoms with van der Waals surface area (Å²) in [5, 5.41) is 7.84. The number of nitrogens with two attached hydrogens (primary N) is 1. The molecule has 106 valence electrons. The van der Waals surface area contributed by atoms with E-state index in [4.69, 9.17) is 17.3 Å². The predicted octanol–water partition coefficient (Wildman–Crippen LogP) is 5.50. The molecule has 0 amide bonds. The number of hydrogen-bond acceptors (Lipinski definition) is 2. The minimum absolute atomic E-state index is 0.460. The Bertz CT molecular complexity index is 797. The fourth-order valence-electron chi connectivity index (χ4n) is 2.15. The van der Waals surface area contributed by atoms with Crippen LogP contribution in [0, 0.1) is 0 Å². The normalized spacial score (nSPS) is 10.8. The molecule has 0 atom stereocenters. The molecule has 0 radical (unpaired) electrons. The number of nitrogen functional groups attached to an aromatic ring is 1. The summed E-state index contributed by atoms with van der Waals surface area (Å²) in [6.07, 6.45) is 0. The number of nitrogens with zero attached hydrogens (tertiary/aromatic N) is 1. The van der Waals surface area contributed by atoms with Crippen molar-refractivity contribution < 1.29 is 0 Å². The van der Waals surface area contributed by atoms with Gasteiger partial charge in [0.25, 0.3) is 0 Å². The van der Waals surface area contributed by atoms with Gasteiger partial charge in [-0.2, -0.15) is 5.10 Å². The van der Waals surface area contributed by atoms with E-state index in [1.54, 1.807) is 0 Å². The summed E-state index contributed by atoms with van der Waals surface area (Å²) in [6.45, 7) is 0. The van der Waals surface area contributed by atoms with Crippen LogP contribution >= 0.6 is 43.5 Å². The highest BCUT2D eigenvalue weighted by Gasteiger charge is 2.16. The van der Waals surface area contributed by atoms with E-state index in [1.165, 1.54) is 0 Å². The Labute approximate surface area is 143 Å². The zero-order valence-electron chi connectivity index (χ0n) is 10.7. The minimum atomic E-state index is 0.460. The molecule has 1 aromatic heterocycles. The molecular weight excluding hydrogens is 417 g/mol. The molecule has 0 spiro atoms. The van der Waals surface area contributed by atoms with E-state index in [0.29, 0.717) is 10.8 Å². The van der Waals surface area contributed by atoms with Gasteiger partial charge in [-0.05, 0) is 29.8 Å². The number of aromatic nitrogens is 2. The lowest BCUT2D eigenvalue weighted by Crippen LogP contribution is -1.89. The van der Waals surface area contributed by atoms with Crippen LogP contribution in [0.3, 0.4) is 0 Å². The molecule has 21 heavy (non-hydrogen) atoms. The first-order chi connectivity index (χ1) is 10.1. The molecular formula is C15H10Br2ClN3. The second-order valence-corrected chi connectivity index (χ2v) is 6.70. The fraction of sp³-hybridized carbons (Fsp3) is 0. The highest BCUT2D eigenvalue weighted by atomic mass is 79.9. The molecule has 2 aromatic carbocycles. The van der Waals surface area contributed by atoms with Crippen molar-refractivity contribution in [2.24, 2.45) is 0 Å². The van der Waals surface area contributed by atoms with Gasteiger partial charge in [-0.1, -0.05) is 61.7 Å². The van der Waals surface area contributed by atoms with Crippen LogP contribution in [0.4, 0.5) is 5.82 Å². The maximum absolute atomic E-state index is 6.03. The Balaban J connectivity index is 2.19. The number of halogens is 3. The maximum Gasteiger partial charge on any atom is 0.153 e. The van der Waals surface area contributed by atoms with Gasteiger partial charge >= 0.3 is 0 Å². The molecule has 0 aliphatic rings. The van der Waals surface area contributed by atoms with Crippen molar-refractivity contribution in [2.45, 2.75) is 0 Å². The second-order valence-electron chi connectivity index (χ2n) is 4.49. The van der Waals surface area contributed by atoms with Crippen LogP contribution in [0.1, 0.15) is 0 Å². The van der Waals surface area contributed by atoms with Crippen LogP contribution in [0.15, 0.2) is 51.4 Å². The van der Waals surface area contributed by atoms with Crippen LogP contribution in [-0.4, -0.2) is 10.2 Å². The van der Waals surface area contributed by atoms with Gasteiger partial charge in [-0.25, -0.2) is 0 Å². The lowest BCUT2D eigenvalue weighted by atomic mass is 10.0. The van der Waals surface area contributed by atoms with Crippen LogP contribution in [-0.2, 0) is 0 Å². The molecule has 3 nitrogen and oxygen atoms in total. The quantitative estimate of drug-likeness (QED) is 0.567. The van der Waals surface area contributed by atoms with Gasteiger partial charge < -0.3 is 5.73 Å². The maximum atomic E-state index is 6.03. The van der Waals surface area contributed by atoms with E-state index < -0.39 is 0 Å². The SMILES string of the molecule is Nc1n[nH]c(-c2ccc(Br)cc2Br)c1-c1ccc(Cl)cc1. The number of H-pyrrole nitrogens is 1. The molecule has 3 aromatic rings. The number of rotatable bonds is 2. The van der Waals surface area contributed by atoms with Gasteiger partial charge in [-0.15, -0.1) is 0 Å². The van der Waals surface area contributed by atoms with E-state index in [9.17, 15) is 0 Å². The standard InChI is InChI=1S/C15H10Br2ClN3/c16-9-3-6-11(12(17)7-9)14-13(15(19)21-20-14)8-1-4-10(18)5-2-8/h1-7H,(H3,19,20,21). The van der Waals surface area contributed by atoms with Gasteiger partial charge in [0.1, 0.15) is 0 Å². The van der Waals surface area contributed by atoms with E-state index in [1.807, 2.05) is 42.5 Å². The Morgan fingerprint density at radius 1 is 1.05 bits per heavy atom. The molecule has 0 aliphatic carbocycles. The van der Waals surface area contributed by atoms with Crippen LogP contribution in [0.25, 0.3) is 22.4 Å². The topological polar surface area (TPSA) is 54.7 Å². The Kier molecular flexibility index (Phi) is 4.06. The number of nitrogens with one attached hydrogen (secondary N) is 1. The Morgan fingerprint density at radius 2 is 1.76 bits per heavy atom. The Morgan fingerprint density at radius 3 is 2.43 bits per heavy atom. The molecule has 1 heterocycles. The third-order valence-electron chi connectivity index (χ3n) is 3.13. The van der Waals surface area contributed by atoms with Crippen LogP contribution in [0.5, 0.6) is 0 Å². The van der Waals surface area contributed by atoms with Crippen molar-refractivity contribution in [2.75, 3.05) is 5.73 Å². The van der Waals surface area contributed by atoms with Gasteiger partial charge in [0.05, 0.1) is 11.3 Å². The summed E-state index contributed by atoms with van der Waals surface area (Å²) in [7, 11) is 0. The Hall–Kier alpha value is -1.30. The number of benzene rings is 2. The third kappa shape index (κ3) is 2.86. The van der Waals surface area contributed by atoms with E-state index in [0.717, 1.165) is 31.3 Å². The molecule has 0 fully saturated rings. The van der Waals surface area contributed by atoms with Gasteiger partial charge in [0, 0.05) is 19.5 Å². The molecule has 6 heteroatoms. The van der Waals surface area contributed by atoms with Crippen LogP contribution in [0.2, 0.25) is 5.02 Å². The van der Waals surface area contributed by atoms with E-state index in [-0.39, 0.29) is 0 Å². The minimum Gasteiger partial charge on any atom is -0.382 e. The lowest BCUT2D eigenvalue weighted by Gasteiger charge is -2.07. The van der Waals surface area contributed by atoms with Gasteiger partial charge in [-0.3, -0.25) is 5.10 Å². The lowest BCUT2D eigenvalue weighted by molar-refractivity contribution is 1.10. The molecule has 0 saturated carbocycles. The summed E-state index contributed by atoms with van der Waals surface area (Å²) in [5.41, 5.74) is 9.73. The monoisotopic (exact) mass is 425 g/mol. The zero-order valence-corrected chi connectivity index (χ0v) is 14.6. The summed E-state index contributed by atoms with van der Waals surface area (Å²) in [6, 6.07) is 13.5. The van der Waals surface area contributed by atoms with E-state index in [2.05, 4.69) is 42.1 Å². The van der Waals surface area contributed by atoms with Gasteiger partial charge in [0.15, 0.2) is 5.82 Å². The summed E-state index contributed by atoms with van der Waals surface area (Å²) in [4.78, 5) is 0. The van der Waals surface area contributed by atoms with Crippen molar-refractivity contribution in [3.8, 4) is 22.4 Å². The first-order valence-electron chi connectivity index (χ1n) is 6.11. The predicted molar refractivity (Wildman–Crippen MR) is 94.3 cm³/mol. The molecule has 3 N–H and O–H groups in total. The summed E-state index contributed by atoms with van der Waals surface area (Å²) in [5.74, 6) is 0.460. The van der Waals surface area contributed by atoms with Crippen LogP contribution < -0.4 is 5.73 Å². The highest BCUT2D eigenvalue weighted by molar-refractivity contribution is 9.11. The van der Waals surface area contributed by atoms with Crippen molar-refractivity contribution in [1.82, 2.24) is 10.2 Å². The smallest absolute Gasteiger partial charge is 0.153 e. The third-order valence-corrected chi connectivity index (χ3v) is 4.53. The second kappa shape index (κ2) is 5.83. The number of anilines is 1. The number of aromatic amines is 1. The van der Waals surface area contributed by atoms with Crippen molar-refractivity contribution in [1.29, 1.82) is 0 Å². The molecule has 0 unspecified atom stereocenters.